The second kappa shape index (κ2) is 6.33. The van der Waals surface area contributed by atoms with Crippen molar-refractivity contribution in [1.82, 2.24) is 0 Å². The van der Waals surface area contributed by atoms with Crippen LogP contribution in [0.5, 0.6) is 0 Å². The average molecular weight is 334 g/mol. The standard InChI is InChI=1S/C13H22N2O4S2/c1-10(2)15(8-7-14)12-6-5-11(20(3,16)17)9-13(12)21(4,18)19/h5-6,9-10H,7-8,14H2,1-4H3. The first-order valence-electron chi connectivity index (χ1n) is 6.49. The van der Waals surface area contributed by atoms with Gasteiger partial charge in [0.15, 0.2) is 19.7 Å². The first kappa shape index (κ1) is 17.9. The van der Waals surface area contributed by atoms with Crippen molar-refractivity contribution in [1.29, 1.82) is 0 Å². The molecule has 0 aliphatic heterocycles. The molecule has 0 aliphatic carbocycles. The van der Waals surface area contributed by atoms with Crippen molar-refractivity contribution in [3.8, 4) is 0 Å². The Hall–Kier alpha value is -1.12. The molecule has 0 heterocycles. The number of benzene rings is 1. The van der Waals surface area contributed by atoms with Gasteiger partial charge in [-0.3, -0.25) is 0 Å². The smallest absolute Gasteiger partial charge is 0.177 e. The fraction of sp³-hybridized carbons (Fsp3) is 0.538. The van der Waals surface area contributed by atoms with Crippen LogP contribution in [0.15, 0.2) is 28.0 Å². The van der Waals surface area contributed by atoms with Crippen LogP contribution >= 0.6 is 0 Å². The van der Waals surface area contributed by atoms with Crippen LogP contribution in [0.1, 0.15) is 13.8 Å². The Morgan fingerprint density at radius 3 is 2.05 bits per heavy atom. The molecule has 0 unspecified atom stereocenters. The minimum atomic E-state index is -3.56. The van der Waals surface area contributed by atoms with Gasteiger partial charge in [-0.15, -0.1) is 0 Å². The largest absolute Gasteiger partial charge is 0.367 e. The molecule has 8 heteroatoms. The second-order valence-corrected chi connectivity index (χ2v) is 9.25. The summed E-state index contributed by atoms with van der Waals surface area (Å²) in [4.78, 5) is 1.85. The molecule has 0 radical (unpaired) electrons. The quantitative estimate of drug-likeness (QED) is 0.821. The van der Waals surface area contributed by atoms with Crippen molar-refractivity contribution in [3.05, 3.63) is 18.2 Å². The summed E-state index contributed by atoms with van der Waals surface area (Å²) < 4.78 is 47.3. The summed E-state index contributed by atoms with van der Waals surface area (Å²) in [6.45, 7) is 4.70. The minimum Gasteiger partial charge on any atom is -0.367 e. The molecule has 0 amide bonds. The van der Waals surface area contributed by atoms with E-state index in [0.717, 1.165) is 12.5 Å². The summed E-state index contributed by atoms with van der Waals surface area (Å²) in [5.41, 5.74) is 6.05. The molecule has 2 N–H and O–H groups in total. The number of hydrogen-bond donors (Lipinski definition) is 1. The Labute approximate surface area is 126 Å². The highest BCUT2D eigenvalue weighted by atomic mass is 32.2. The van der Waals surface area contributed by atoms with Crippen LogP contribution in [-0.4, -0.2) is 48.5 Å². The van der Waals surface area contributed by atoms with Crippen molar-refractivity contribution in [2.24, 2.45) is 5.73 Å². The molecular formula is C13H22N2O4S2. The molecule has 0 saturated heterocycles. The fourth-order valence-electron chi connectivity index (χ4n) is 2.06. The lowest BCUT2D eigenvalue weighted by molar-refractivity contribution is 0.598. The summed E-state index contributed by atoms with van der Waals surface area (Å²) in [5.74, 6) is 0. The van der Waals surface area contributed by atoms with E-state index in [1.807, 2.05) is 18.7 Å². The Balaban J connectivity index is 3.60. The molecule has 21 heavy (non-hydrogen) atoms. The van der Waals surface area contributed by atoms with E-state index in [9.17, 15) is 16.8 Å². The van der Waals surface area contributed by atoms with Gasteiger partial charge < -0.3 is 10.6 Å². The first-order valence-corrected chi connectivity index (χ1v) is 10.3. The average Bonchev–Trinajstić information content (AvgIpc) is 2.32. The zero-order chi connectivity index (χ0) is 16.4. The number of rotatable bonds is 6. The van der Waals surface area contributed by atoms with Gasteiger partial charge in [0, 0.05) is 31.6 Å². The molecule has 0 bridgehead atoms. The van der Waals surface area contributed by atoms with Crippen molar-refractivity contribution in [3.63, 3.8) is 0 Å². The molecule has 1 aromatic rings. The lowest BCUT2D eigenvalue weighted by atomic mass is 10.2. The maximum atomic E-state index is 12.0. The molecule has 1 rings (SSSR count). The van der Waals surface area contributed by atoms with E-state index in [0.29, 0.717) is 18.8 Å². The summed E-state index contributed by atoms with van der Waals surface area (Å²) in [6.07, 6.45) is 2.12. The molecule has 0 saturated carbocycles. The number of nitrogens with two attached hydrogens (primary N) is 1. The maximum absolute atomic E-state index is 12.0. The zero-order valence-corrected chi connectivity index (χ0v) is 14.3. The fourth-order valence-corrected chi connectivity index (χ4v) is 3.68. The van der Waals surface area contributed by atoms with Gasteiger partial charge in [0.25, 0.3) is 0 Å². The second-order valence-electron chi connectivity index (χ2n) is 5.25. The SMILES string of the molecule is CC(C)N(CCN)c1ccc(S(C)(=O)=O)cc1S(C)(=O)=O. The van der Waals surface area contributed by atoms with Crippen LogP contribution in [0.3, 0.4) is 0 Å². The minimum absolute atomic E-state index is 0.00701. The highest BCUT2D eigenvalue weighted by Gasteiger charge is 2.22. The molecule has 1 aromatic carbocycles. The van der Waals surface area contributed by atoms with E-state index in [2.05, 4.69) is 0 Å². The molecule has 0 fully saturated rings. The predicted octanol–water partition coefficient (Wildman–Crippen LogP) is 0.667. The Morgan fingerprint density at radius 1 is 1.10 bits per heavy atom. The predicted molar refractivity (Wildman–Crippen MR) is 84.2 cm³/mol. The van der Waals surface area contributed by atoms with Crippen molar-refractivity contribution in [2.45, 2.75) is 29.7 Å². The number of hydrogen-bond acceptors (Lipinski definition) is 6. The van der Waals surface area contributed by atoms with Crippen molar-refractivity contribution < 1.29 is 16.8 Å². The summed E-state index contributed by atoms with van der Waals surface area (Å²) >= 11 is 0. The summed E-state index contributed by atoms with van der Waals surface area (Å²) in [7, 11) is -7.03. The van der Waals surface area contributed by atoms with Crippen LogP contribution in [0, 0.1) is 0 Å². The maximum Gasteiger partial charge on any atom is 0.177 e. The zero-order valence-electron chi connectivity index (χ0n) is 12.7. The third kappa shape index (κ3) is 4.42. The van der Waals surface area contributed by atoms with Gasteiger partial charge in [-0.05, 0) is 32.0 Å². The highest BCUT2D eigenvalue weighted by Crippen LogP contribution is 2.29. The van der Waals surface area contributed by atoms with Gasteiger partial charge in [-0.25, -0.2) is 16.8 Å². The van der Waals surface area contributed by atoms with Crippen LogP contribution in [-0.2, 0) is 19.7 Å². The highest BCUT2D eigenvalue weighted by molar-refractivity contribution is 7.91. The number of anilines is 1. The molecule has 0 aromatic heterocycles. The van der Waals surface area contributed by atoms with E-state index in [1.54, 1.807) is 0 Å². The van der Waals surface area contributed by atoms with E-state index < -0.39 is 19.7 Å². The molecule has 0 aliphatic rings. The third-order valence-electron chi connectivity index (χ3n) is 3.06. The third-order valence-corrected chi connectivity index (χ3v) is 5.30. The Bertz CT molecular complexity index is 710. The van der Waals surface area contributed by atoms with Crippen molar-refractivity contribution in [2.75, 3.05) is 30.5 Å². The summed E-state index contributed by atoms with van der Waals surface area (Å²) in [5, 5.41) is 0. The van der Waals surface area contributed by atoms with Gasteiger partial charge in [0.05, 0.1) is 15.5 Å². The van der Waals surface area contributed by atoms with Gasteiger partial charge in [-0.1, -0.05) is 0 Å². The molecule has 0 spiro atoms. The Kier molecular flexibility index (Phi) is 5.40. The van der Waals surface area contributed by atoms with Gasteiger partial charge in [0.2, 0.25) is 0 Å². The van der Waals surface area contributed by atoms with E-state index >= 15 is 0 Å². The van der Waals surface area contributed by atoms with Crippen LogP contribution in [0.25, 0.3) is 0 Å². The molecule has 120 valence electrons. The molecule has 6 nitrogen and oxygen atoms in total. The first-order chi connectivity index (χ1) is 9.48. The van der Waals surface area contributed by atoms with Gasteiger partial charge in [-0.2, -0.15) is 0 Å². The van der Waals surface area contributed by atoms with Crippen molar-refractivity contribution >= 4 is 25.4 Å². The number of sulfone groups is 2. The topological polar surface area (TPSA) is 97.5 Å². The molecular weight excluding hydrogens is 312 g/mol. The van der Waals surface area contributed by atoms with E-state index in [1.165, 1.54) is 18.2 Å². The normalized spacial score (nSPS) is 12.7. The Morgan fingerprint density at radius 2 is 1.67 bits per heavy atom. The lowest BCUT2D eigenvalue weighted by Gasteiger charge is -2.30. The lowest BCUT2D eigenvalue weighted by Crippen LogP contribution is -2.36. The monoisotopic (exact) mass is 334 g/mol. The van der Waals surface area contributed by atoms with Crippen LogP contribution < -0.4 is 10.6 Å². The van der Waals surface area contributed by atoms with Gasteiger partial charge >= 0.3 is 0 Å². The number of nitrogens with zero attached hydrogens (tertiary/aromatic N) is 1. The van der Waals surface area contributed by atoms with Crippen LogP contribution in [0.4, 0.5) is 5.69 Å². The van der Waals surface area contributed by atoms with E-state index in [-0.39, 0.29) is 15.8 Å². The summed E-state index contributed by atoms with van der Waals surface area (Å²) in [6, 6.07) is 4.21. The van der Waals surface area contributed by atoms with Crippen LogP contribution in [0.2, 0.25) is 0 Å². The molecule has 0 atom stereocenters. The van der Waals surface area contributed by atoms with E-state index in [4.69, 9.17) is 5.73 Å². The van der Waals surface area contributed by atoms with Gasteiger partial charge in [0.1, 0.15) is 0 Å².